The van der Waals surface area contributed by atoms with Crippen LogP contribution in [-0.4, -0.2) is 30.8 Å². The second kappa shape index (κ2) is 7.06. The molecule has 0 aliphatic heterocycles. The standard InChI is InChI=1S/C15H20FNO4/c1-15(2,3)21-14(19)17-12(13(18)20-4)9-10-5-7-11(16)8-6-10/h5-8,12H,9H2,1-4H3,(H,17,19). The molecule has 0 heterocycles. The molecular weight excluding hydrogens is 277 g/mol. The van der Waals surface area contributed by atoms with Crippen LogP contribution in [0, 0.1) is 5.82 Å². The van der Waals surface area contributed by atoms with Crippen molar-refractivity contribution in [3.8, 4) is 0 Å². The Bertz CT molecular complexity index is 493. The van der Waals surface area contributed by atoms with Crippen LogP contribution in [0.1, 0.15) is 26.3 Å². The summed E-state index contributed by atoms with van der Waals surface area (Å²) < 4.78 is 22.6. The summed E-state index contributed by atoms with van der Waals surface area (Å²) >= 11 is 0. The molecule has 0 aliphatic carbocycles. The van der Waals surface area contributed by atoms with E-state index in [-0.39, 0.29) is 12.2 Å². The molecule has 1 rings (SSSR count). The molecule has 0 bridgehead atoms. The summed E-state index contributed by atoms with van der Waals surface area (Å²) in [6, 6.07) is 4.77. The number of carbonyl (C=O) groups excluding carboxylic acids is 2. The number of ether oxygens (including phenoxy) is 2. The van der Waals surface area contributed by atoms with Gasteiger partial charge >= 0.3 is 12.1 Å². The third kappa shape index (κ3) is 6.25. The Morgan fingerprint density at radius 3 is 2.29 bits per heavy atom. The summed E-state index contributed by atoms with van der Waals surface area (Å²) in [6.07, 6.45) is -0.522. The Labute approximate surface area is 123 Å². The number of halogens is 1. The van der Waals surface area contributed by atoms with E-state index in [1.807, 2.05) is 0 Å². The van der Waals surface area contributed by atoms with Crippen molar-refractivity contribution >= 4 is 12.1 Å². The molecule has 0 saturated heterocycles. The van der Waals surface area contributed by atoms with E-state index >= 15 is 0 Å². The molecule has 0 radical (unpaired) electrons. The van der Waals surface area contributed by atoms with Gasteiger partial charge in [0.25, 0.3) is 0 Å². The van der Waals surface area contributed by atoms with Crippen molar-refractivity contribution in [2.45, 2.75) is 38.8 Å². The zero-order chi connectivity index (χ0) is 16.0. The Hall–Kier alpha value is -2.11. The monoisotopic (exact) mass is 297 g/mol. The van der Waals surface area contributed by atoms with Crippen LogP contribution in [0.5, 0.6) is 0 Å². The lowest BCUT2D eigenvalue weighted by molar-refractivity contribution is -0.143. The van der Waals surface area contributed by atoms with Crippen molar-refractivity contribution in [3.63, 3.8) is 0 Å². The first-order valence-corrected chi connectivity index (χ1v) is 6.53. The number of benzene rings is 1. The van der Waals surface area contributed by atoms with E-state index in [1.165, 1.54) is 19.2 Å². The molecule has 5 nitrogen and oxygen atoms in total. The number of methoxy groups -OCH3 is 1. The Kier molecular flexibility index (Phi) is 5.69. The van der Waals surface area contributed by atoms with Gasteiger partial charge in [-0.3, -0.25) is 0 Å². The minimum Gasteiger partial charge on any atom is -0.467 e. The van der Waals surface area contributed by atoms with Gasteiger partial charge < -0.3 is 14.8 Å². The van der Waals surface area contributed by atoms with Crippen LogP contribution in [0.15, 0.2) is 24.3 Å². The van der Waals surface area contributed by atoms with Crippen molar-refractivity contribution in [3.05, 3.63) is 35.6 Å². The predicted octanol–water partition coefficient (Wildman–Crippen LogP) is 2.43. The molecule has 1 amide bonds. The lowest BCUT2D eigenvalue weighted by atomic mass is 10.1. The maximum Gasteiger partial charge on any atom is 0.408 e. The number of hydrogen-bond acceptors (Lipinski definition) is 4. The third-order valence-corrected chi connectivity index (χ3v) is 2.53. The first-order valence-electron chi connectivity index (χ1n) is 6.53. The van der Waals surface area contributed by atoms with Crippen LogP contribution in [-0.2, 0) is 20.7 Å². The van der Waals surface area contributed by atoms with Gasteiger partial charge in [-0.15, -0.1) is 0 Å². The fourth-order valence-corrected chi connectivity index (χ4v) is 1.64. The van der Waals surface area contributed by atoms with E-state index in [0.29, 0.717) is 5.56 Å². The van der Waals surface area contributed by atoms with Crippen LogP contribution in [0.25, 0.3) is 0 Å². The average molecular weight is 297 g/mol. The highest BCUT2D eigenvalue weighted by molar-refractivity contribution is 5.81. The second-order valence-corrected chi connectivity index (χ2v) is 5.55. The first kappa shape index (κ1) is 16.9. The lowest BCUT2D eigenvalue weighted by Gasteiger charge is -2.22. The van der Waals surface area contributed by atoms with Crippen molar-refractivity contribution in [2.24, 2.45) is 0 Å². The summed E-state index contributed by atoms with van der Waals surface area (Å²) in [5, 5.41) is 2.46. The molecule has 0 aromatic heterocycles. The van der Waals surface area contributed by atoms with Gasteiger partial charge in [0.05, 0.1) is 7.11 Å². The number of nitrogens with one attached hydrogen (secondary N) is 1. The maximum atomic E-state index is 12.9. The molecule has 1 atom stereocenters. The van der Waals surface area contributed by atoms with E-state index in [4.69, 9.17) is 4.74 Å². The molecular formula is C15H20FNO4. The van der Waals surface area contributed by atoms with E-state index in [0.717, 1.165) is 0 Å². The Balaban J connectivity index is 2.74. The van der Waals surface area contributed by atoms with Gasteiger partial charge in [-0.2, -0.15) is 0 Å². The number of esters is 1. The van der Waals surface area contributed by atoms with Crippen LogP contribution in [0.2, 0.25) is 0 Å². The van der Waals surface area contributed by atoms with E-state index < -0.39 is 23.7 Å². The highest BCUT2D eigenvalue weighted by Gasteiger charge is 2.25. The van der Waals surface area contributed by atoms with Gasteiger partial charge in [0.15, 0.2) is 0 Å². The van der Waals surface area contributed by atoms with Crippen LogP contribution < -0.4 is 5.32 Å². The first-order chi connectivity index (χ1) is 9.71. The van der Waals surface area contributed by atoms with E-state index in [1.54, 1.807) is 32.9 Å². The van der Waals surface area contributed by atoms with Gasteiger partial charge in [-0.1, -0.05) is 12.1 Å². The molecule has 1 N–H and O–H groups in total. The molecule has 1 unspecified atom stereocenters. The molecule has 0 aliphatic rings. The minimum absolute atomic E-state index is 0.187. The van der Waals surface area contributed by atoms with Gasteiger partial charge in [0.2, 0.25) is 0 Å². The van der Waals surface area contributed by atoms with Gasteiger partial charge in [-0.05, 0) is 38.5 Å². The number of carbonyl (C=O) groups is 2. The maximum absolute atomic E-state index is 12.9. The molecule has 6 heteroatoms. The van der Waals surface area contributed by atoms with E-state index in [2.05, 4.69) is 10.1 Å². The fraction of sp³-hybridized carbons (Fsp3) is 0.467. The average Bonchev–Trinajstić information content (AvgIpc) is 2.37. The zero-order valence-electron chi connectivity index (χ0n) is 12.6. The number of hydrogen-bond donors (Lipinski definition) is 1. The fourth-order valence-electron chi connectivity index (χ4n) is 1.64. The van der Waals surface area contributed by atoms with Gasteiger partial charge in [0.1, 0.15) is 17.5 Å². The summed E-state index contributed by atoms with van der Waals surface area (Å²) in [5.41, 5.74) is 0.0310. The smallest absolute Gasteiger partial charge is 0.408 e. The summed E-state index contributed by atoms with van der Waals surface area (Å²) in [6.45, 7) is 5.17. The predicted molar refractivity (Wildman–Crippen MR) is 75.3 cm³/mol. The number of amides is 1. The Morgan fingerprint density at radius 2 is 1.81 bits per heavy atom. The van der Waals surface area contributed by atoms with Gasteiger partial charge in [-0.25, -0.2) is 14.0 Å². The molecule has 1 aromatic carbocycles. The largest absolute Gasteiger partial charge is 0.467 e. The second-order valence-electron chi connectivity index (χ2n) is 5.55. The molecule has 21 heavy (non-hydrogen) atoms. The van der Waals surface area contributed by atoms with Crippen molar-refractivity contribution in [1.29, 1.82) is 0 Å². The highest BCUT2D eigenvalue weighted by Crippen LogP contribution is 2.10. The molecule has 0 saturated carbocycles. The van der Waals surface area contributed by atoms with Crippen LogP contribution >= 0.6 is 0 Å². The SMILES string of the molecule is COC(=O)C(Cc1ccc(F)cc1)NC(=O)OC(C)(C)C. The van der Waals surface area contributed by atoms with Crippen molar-refractivity contribution < 1.29 is 23.5 Å². The van der Waals surface area contributed by atoms with Crippen molar-refractivity contribution in [2.75, 3.05) is 7.11 Å². The zero-order valence-corrected chi connectivity index (χ0v) is 12.6. The molecule has 0 fully saturated rings. The summed E-state index contributed by atoms with van der Waals surface area (Å²) in [4.78, 5) is 23.5. The number of alkyl carbamates (subject to hydrolysis) is 1. The molecule has 116 valence electrons. The summed E-state index contributed by atoms with van der Waals surface area (Å²) in [5.74, 6) is -0.960. The Morgan fingerprint density at radius 1 is 1.24 bits per heavy atom. The topological polar surface area (TPSA) is 64.6 Å². The number of rotatable bonds is 4. The van der Waals surface area contributed by atoms with Crippen molar-refractivity contribution in [1.82, 2.24) is 5.32 Å². The van der Waals surface area contributed by atoms with E-state index in [9.17, 15) is 14.0 Å². The third-order valence-electron chi connectivity index (χ3n) is 2.53. The van der Waals surface area contributed by atoms with Gasteiger partial charge in [0, 0.05) is 6.42 Å². The minimum atomic E-state index is -0.893. The normalized spacial score (nSPS) is 12.4. The van der Waals surface area contributed by atoms with Crippen LogP contribution in [0.4, 0.5) is 9.18 Å². The van der Waals surface area contributed by atoms with Crippen LogP contribution in [0.3, 0.4) is 0 Å². The quantitative estimate of drug-likeness (QED) is 0.867. The highest BCUT2D eigenvalue weighted by atomic mass is 19.1. The molecule has 0 spiro atoms. The lowest BCUT2D eigenvalue weighted by Crippen LogP contribution is -2.45. The molecule has 1 aromatic rings. The summed E-state index contributed by atoms with van der Waals surface area (Å²) in [7, 11) is 1.23.